The molecule has 5 heteroatoms. The first-order valence-corrected chi connectivity index (χ1v) is 4.37. The molecule has 1 aromatic rings. The van der Waals surface area contributed by atoms with E-state index in [2.05, 4.69) is 4.74 Å². The van der Waals surface area contributed by atoms with Gasteiger partial charge in [0.2, 0.25) is 0 Å². The van der Waals surface area contributed by atoms with Gasteiger partial charge in [-0.25, -0.2) is 9.18 Å². The highest BCUT2D eigenvalue weighted by molar-refractivity contribution is 6.36. The van der Waals surface area contributed by atoms with E-state index < -0.39 is 23.5 Å². The fourth-order valence-corrected chi connectivity index (χ4v) is 1.16. The van der Waals surface area contributed by atoms with Crippen molar-refractivity contribution in [3.8, 4) is 6.07 Å². The maximum Gasteiger partial charge on any atom is 0.376 e. The average molecular weight is 221 g/mol. The third-order valence-electron chi connectivity index (χ3n) is 1.98. The lowest BCUT2D eigenvalue weighted by atomic mass is 9.96. The summed E-state index contributed by atoms with van der Waals surface area (Å²) in [5, 5.41) is 8.79. The number of halogens is 1. The van der Waals surface area contributed by atoms with Crippen LogP contribution in [0.3, 0.4) is 0 Å². The van der Waals surface area contributed by atoms with Gasteiger partial charge in [0.25, 0.3) is 5.78 Å². The van der Waals surface area contributed by atoms with E-state index in [0.29, 0.717) is 0 Å². The molecule has 0 saturated heterocycles. The van der Waals surface area contributed by atoms with Gasteiger partial charge in [0.1, 0.15) is 11.7 Å². The van der Waals surface area contributed by atoms with E-state index in [4.69, 9.17) is 5.26 Å². The van der Waals surface area contributed by atoms with E-state index in [9.17, 15) is 14.0 Å². The highest BCUT2D eigenvalue weighted by Crippen LogP contribution is 2.17. The van der Waals surface area contributed by atoms with Crippen molar-refractivity contribution in [2.45, 2.75) is 5.92 Å². The highest BCUT2D eigenvalue weighted by Gasteiger charge is 2.27. The summed E-state index contributed by atoms with van der Waals surface area (Å²) in [5.74, 6) is -3.79. The predicted molar refractivity (Wildman–Crippen MR) is 51.8 cm³/mol. The first kappa shape index (κ1) is 11.9. The Labute approximate surface area is 91.3 Å². The number of esters is 1. The standard InChI is InChI=1S/C11H8FNO3/c1-16-11(15)10(14)9(6-13)7-2-4-8(12)5-3-7/h2-5,9H,1H3. The minimum Gasteiger partial charge on any atom is -0.463 e. The maximum atomic E-state index is 12.6. The molecule has 0 bridgehead atoms. The number of hydrogen-bond acceptors (Lipinski definition) is 4. The molecule has 0 heterocycles. The van der Waals surface area contributed by atoms with Crippen LogP contribution in [0.4, 0.5) is 4.39 Å². The smallest absolute Gasteiger partial charge is 0.376 e. The zero-order chi connectivity index (χ0) is 12.1. The molecule has 4 nitrogen and oxygen atoms in total. The highest BCUT2D eigenvalue weighted by atomic mass is 19.1. The van der Waals surface area contributed by atoms with Crippen LogP contribution in [0.5, 0.6) is 0 Å². The van der Waals surface area contributed by atoms with E-state index in [1.165, 1.54) is 12.1 Å². The van der Waals surface area contributed by atoms with Gasteiger partial charge in [-0.05, 0) is 17.7 Å². The van der Waals surface area contributed by atoms with Gasteiger partial charge >= 0.3 is 5.97 Å². The van der Waals surface area contributed by atoms with Gasteiger partial charge in [0.15, 0.2) is 0 Å². The molecular formula is C11H8FNO3. The van der Waals surface area contributed by atoms with Crippen LogP contribution < -0.4 is 0 Å². The molecule has 0 aliphatic rings. The number of Topliss-reactive ketones (excluding diaryl/α,β-unsaturated/α-hetero) is 1. The normalized spacial score (nSPS) is 11.3. The van der Waals surface area contributed by atoms with Crippen LogP contribution in [0.15, 0.2) is 24.3 Å². The molecular weight excluding hydrogens is 213 g/mol. The molecule has 0 fully saturated rings. The van der Waals surface area contributed by atoms with Gasteiger partial charge in [-0.3, -0.25) is 4.79 Å². The molecule has 1 unspecified atom stereocenters. The van der Waals surface area contributed by atoms with Crippen LogP contribution in [0.1, 0.15) is 11.5 Å². The second-order valence-corrected chi connectivity index (χ2v) is 2.97. The summed E-state index contributed by atoms with van der Waals surface area (Å²) in [4.78, 5) is 22.4. The lowest BCUT2D eigenvalue weighted by Crippen LogP contribution is -2.22. The van der Waals surface area contributed by atoms with Crippen LogP contribution in [-0.4, -0.2) is 18.9 Å². The number of benzene rings is 1. The monoisotopic (exact) mass is 221 g/mol. The fraction of sp³-hybridized carbons (Fsp3) is 0.182. The lowest BCUT2D eigenvalue weighted by molar-refractivity contribution is -0.151. The Morgan fingerprint density at radius 3 is 2.38 bits per heavy atom. The molecule has 0 aliphatic carbocycles. The Morgan fingerprint density at radius 2 is 1.94 bits per heavy atom. The summed E-state index contributed by atoms with van der Waals surface area (Å²) in [6.07, 6.45) is 0. The largest absolute Gasteiger partial charge is 0.463 e. The summed E-state index contributed by atoms with van der Waals surface area (Å²) in [6.45, 7) is 0. The lowest BCUT2D eigenvalue weighted by Gasteiger charge is -2.06. The van der Waals surface area contributed by atoms with Crippen LogP contribution >= 0.6 is 0 Å². The van der Waals surface area contributed by atoms with Crippen molar-refractivity contribution >= 4 is 11.8 Å². The number of methoxy groups -OCH3 is 1. The molecule has 0 amide bonds. The third-order valence-corrected chi connectivity index (χ3v) is 1.98. The van der Waals surface area contributed by atoms with Crippen molar-refractivity contribution in [2.24, 2.45) is 0 Å². The van der Waals surface area contributed by atoms with Crippen LogP contribution in [-0.2, 0) is 14.3 Å². The Kier molecular flexibility index (Phi) is 3.72. The van der Waals surface area contributed by atoms with Crippen molar-refractivity contribution in [2.75, 3.05) is 7.11 Å². The van der Waals surface area contributed by atoms with E-state index in [1.54, 1.807) is 6.07 Å². The molecule has 0 spiro atoms. The van der Waals surface area contributed by atoms with Gasteiger partial charge < -0.3 is 4.74 Å². The van der Waals surface area contributed by atoms with Gasteiger partial charge in [0.05, 0.1) is 13.2 Å². The number of nitrogens with zero attached hydrogens (tertiary/aromatic N) is 1. The molecule has 0 aliphatic heterocycles. The van der Waals surface area contributed by atoms with Crippen LogP contribution in [0, 0.1) is 17.1 Å². The minimum absolute atomic E-state index is 0.263. The zero-order valence-corrected chi connectivity index (χ0v) is 8.44. The number of rotatable bonds is 3. The van der Waals surface area contributed by atoms with E-state index in [0.717, 1.165) is 19.2 Å². The van der Waals surface area contributed by atoms with Crippen molar-refractivity contribution < 1.29 is 18.7 Å². The number of ether oxygens (including phenoxy) is 1. The second kappa shape index (κ2) is 5.03. The zero-order valence-electron chi connectivity index (χ0n) is 8.44. The predicted octanol–water partition coefficient (Wildman–Crippen LogP) is 1.17. The number of hydrogen-bond donors (Lipinski definition) is 0. The number of carbonyl (C=O) groups is 2. The van der Waals surface area contributed by atoms with Crippen LogP contribution in [0.25, 0.3) is 0 Å². The fourth-order valence-electron chi connectivity index (χ4n) is 1.16. The Hall–Kier alpha value is -2.22. The first-order chi connectivity index (χ1) is 7.60. The molecule has 1 atom stereocenters. The summed E-state index contributed by atoms with van der Waals surface area (Å²) < 4.78 is 16.8. The van der Waals surface area contributed by atoms with Gasteiger partial charge in [0, 0.05) is 0 Å². The quantitative estimate of drug-likeness (QED) is 0.567. The molecule has 16 heavy (non-hydrogen) atoms. The maximum absolute atomic E-state index is 12.6. The first-order valence-electron chi connectivity index (χ1n) is 4.37. The topological polar surface area (TPSA) is 67.2 Å². The molecule has 1 rings (SSSR count). The number of ketones is 1. The van der Waals surface area contributed by atoms with E-state index >= 15 is 0 Å². The number of nitriles is 1. The van der Waals surface area contributed by atoms with Crippen molar-refractivity contribution in [3.63, 3.8) is 0 Å². The Morgan fingerprint density at radius 1 is 1.38 bits per heavy atom. The summed E-state index contributed by atoms with van der Waals surface area (Å²) in [5.41, 5.74) is 0.263. The van der Waals surface area contributed by atoms with E-state index in [-0.39, 0.29) is 5.56 Å². The van der Waals surface area contributed by atoms with Crippen LogP contribution in [0.2, 0.25) is 0 Å². The molecule has 0 N–H and O–H groups in total. The number of carbonyl (C=O) groups excluding carboxylic acids is 2. The molecule has 82 valence electrons. The van der Waals surface area contributed by atoms with Crippen molar-refractivity contribution in [3.05, 3.63) is 35.6 Å². The molecule has 1 aromatic carbocycles. The third kappa shape index (κ3) is 2.42. The Balaban J connectivity index is 3.00. The van der Waals surface area contributed by atoms with Gasteiger partial charge in [-0.1, -0.05) is 12.1 Å². The molecule has 0 aromatic heterocycles. The average Bonchev–Trinajstić information content (AvgIpc) is 2.31. The van der Waals surface area contributed by atoms with Gasteiger partial charge in [-0.15, -0.1) is 0 Å². The summed E-state index contributed by atoms with van der Waals surface area (Å²) in [7, 11) is 1.05. The van der Waals surface area contributed by atoms with Gasteiger partial charge in [-0.2, -0.15) is 5.26 Å². The van der Waals surface area contributed by atoms with Crippen molar-refractivity contribution in [1.29, 1.82) is 5.26 Å². The molecule has 0 radical (unpaired) electrons. The SMILES string of the molecule is COC(=O)C(=O)C(C#N)c1ccc(F)cc1. The van der Waals surface area contributed by atoms with Crippen molar-refractivity contribution in [1.82, 2.24) is 0 Å². The minimum atomic E-state index is -1.26. The van der Waals surface area contributed by atoms with E-state index in [1.807, 2.05) is 0 Å². The summed E-state index contributed by atoms with van der Waals surface area (Å²) in [6, 6.07) is 6.47. The summed E-state index contributed by atoms with van der Waals surface area (Å²) >= 11 is 0. The Bertz CT molecular complexity index is 447. The second-order valence-electron chi connectivity index (χ2n) is 2.97. The molecule has 0 saturated carbocycles.